The summed E-state index contributed by atoms with van der Waals surface area (Å²) >= 11 is 0. The first kappa shape index (κ1) is 8.07. The first-order valence-electron chi connectivity index (χ1n) is 4.09. The van der Waals surface area contributed by atoms with E-state index in [9.17, 15) is 0 Å². The van der Waals surface area contributed by atoms with Gasteiger partial charge in [0.1, 0.15) is 0 Å². The van der Waals surface area contributed by atoms with Gasteiger partial charge in [-0.05, 0) is 12.1 Å². The molecule has 13 heavy (non-hydrogen) atoms. The summed E-state index contributed by atoms with van der Waals surface area (Å²) in [5.74, 6) is 1.41. The van der Waals surface area contributed by atoms with E-state index in [-0.39, 0.29) is 6.61 Å². The van der Waals surface area contributed by atoms with E-state index in [4.69, 9.17) is 9.52 Å². The molecule has 0 aliphatic rings. The van der Waals surface area contributed by atoms with Crippen molar-refractivity contribution in [2.75, 3.05) is 6.61 Å². The number of hydrogen-bond acceptors (Lipinski definition) is 3. The molecule has 4 heteroatoms. The van der Waals surface area contributed by atoms with E-state index in [1.165, 1.54) is 0 Å². The number of aromatic nitrogens is 2. The van der Waals surface area contributed by atoms with Gasteiger partial charge in [0, 0.05) is 24.9 Å². The molecule has 0 aliphatic carbocycles. The quantitative estimate of drug-likeness (QED) is 0.742. The molecule has 4 nitrogen and oxygen atoms in total. The molecule has 0 spiro atoms. The number of aliphatic hydroxyl groups is 1. The number of nitrogens with zero attached hydrogens (tertiary/aromatic N) is 1. The molecule has 0 saturated carbocycles. The molecule has 2 rings (SSSR count). The monoisotopic (exact) mass is 178 g/mol. The number of H-pyrrole nitrogens is 1. The van der Waals surface area contributed by atoms with Crippen molar-refractivity contribution >= 4 is 0 Å². The van der Waals surface area contributed by atoms with Gasteiger partial charge in [0.05, 0.1) is 6.26 Å². The molecule has 0 unspecified atom stereocenters. The van der Waals surface area contributed by atoms with Gasteiger partial charge in [0.15, 0.2) is 11.6 Å². The van der Waals surface area contributed by atoms with Crippen molar-refractivity contribution in [1.82, 2.24) is 9.97 Å². The third-order valence-corrected chi connectivity index (χ3v) is 1.76. The predicted octanol–water partition coefficient (Wildman–Crippen LogP) is 1.20. The third-order valence-electron chi connectivity index (χ3n) is 1.76. The smallest absolute Gasteiger partial charge is 0.173 e. The second kappa shape index (κ2) is 3.45. The van der Waals surface area contributed by atoms with Crippen molar-refractivity contribution in [1.29, 1.82) is 0 Å². The van der Waals surface area contributed by atoms with Crippen molar-refractivity contribution in [3.8, 4) is 11.6 Å². The van der Waals surface area contributed by atoms with Crippen molar-refractivity contribution in [3.05, 3.63) is 30.3 Å². The number of rotatable bonds is 3. The zero-order valence-corrected chi connectivity index (χ0v) is 7.03. The molecule has 2 aromatic heterocycles. The zero-order valence-electron chi connectivity index (χ0n) is 7.03. The summed E-state index contributed by atoms with van der Waals surface area (Å²) in [4.78, 5) is 7.17. The van der Waals surface area contributed by atoms with E-state index in [1.807, 2.05) is 12.1 Å². The summed E-state index contributed by atoms with van der Waals surface area (Å²) in [6.07, 6.45) is 3.89. The summed E-state index contributed by atoms with van der Waals surface area (Å²) in [7, 11) is 0. The Morgan fingerprint density at radius 1 is 1.54 bits per heavy atom. The van der Waals surface area contributed by atoms with Crippen LogP contribution in [0.4, 0.5) is 0 Å². The summed E-state index contributed by atoms with van der Waals surface area (Å²) < 4.78 is 5.15. The molecular weight excluding hydrogens is 168 g/mol. The lowest BCUT2D eigenvalue weighted by molar-refractivity contribution is 0.298. The van der Waals surface area contributed by atoms with Gasteiger partial charge in [0.25, 0.3) is 0 Å². The molecule has 0 bridgehead atoms. The van der Waals surface area contributed by atoms with E-state index in [0.717, 1.165) is 5.69 Å². The standard InChI is InChI=1S/C9H10N2O2/c12-4-3-7-6-10-9(11-7)8-2-1-5-13-8/h1-2,5-6,12H,3-4H2,(H,10,11). The minimum atomic E-state index is 0.125. The summed E-state index contributed by atoms with van der Waals surface area (Å²) in [6.45, 7) is 0.125. The van der Waals surface area contributed by atoms with Crippen LogP contribution in [-0.4, -0.2) is 21.7 Å². The van der Waals surface area contributed by atoms with Crippen molar-refractivity contribution in [2.45, 2.75) is 6.42 Å². The van der Waals surface area contributed by atoms with Crippen LogP contribution >= 0.6 is 0 Å². The number of aliphatic hydroxyl groups excluding tert-OH is 1. The maximum Gasteiger partial charge on any atom is 0.173 e. The van der Waals surface area contributed by atoms with Gasteiger partial charge < -0.3 is 14.5 Å². The zero-order chi connectivity index (χ0) is 9.10. The van der Waals surface area contributed by atoms with Crippen LogP contribution in [0.2, 0.25) is 0 Å². The lowest BCUT2D eigenvalue weighted by atomic mass is 10.3. The van der Waals surface area contributed by atoms with E-state index < -0.39 is 0 Å². The normalized spacial score (nSPS) is 10.5. The lowest BCUT2D eigenvalue weighted by Crippen LogP contribution is -1.89. The molecule has 0 radical (unpaired) electrons. The topological polar surface area (TPSA) is 62.1 Å². The molecule has 0 amide bonds. The Hall–Kier alpha value is -1.55. The van der Waals surface area contributed by atoms with E-state index in [0.29, 0.717) is 18.0 Å². The Bertz CT molecular complexity index is 365. The maximum absolute atomic E-state index is 8.69. The first-order chi connectivity index (χ1) is 6.40. The number of nitrogens with one attached hydrogen (secondary N) is 1. The van der Waals surface area contributed by atoms with Crippen molar-refractivity contribution < 1.29 is 9.52 Å². The molecule has 2 aromatic rings. The highest BCUT2D eigenvalue weighted by molar-refractivity contribution is 5.46. The molecule has 2 heterocycles. The fraction of sp³-hybridized carbons (Fsp3) is 0.222. The van der Waals surface area contributed by atoms with Crippen LogP contribution < -0.4 is 0 Å². The van der Waals surface area contributed by atoms with Gasteiger partial charge in [0.2, 0.25) is 0 Å². The lowest BCUT2D eigenvalue weighted by Gasteiger charge is -1.90. The summed E-state index contributed by atoms with van der Waals surface area (Å²) in [6, 6.07) is 3.64. The third kappa shape index (κ3) is 1.62. The number of furan rings is 1. The minimum absolute atomic E-state index is 0.125. The van der Waals surface area contributed by atoms with Crippen LogP contribution in [0.15, 0.2) is 29.0 Å². The van der Waals surface area contributed by atoms with Crippen LogP contribution in [0.5, 0.6) is 0 Å². The largest absolute Gasteiger partial charge is 0.461 e. The average molecular weight is 178 g/mol. The molecule has 0 saturated heterocycles. The maximum atomic E-state index is 8.69. The second-order valence-corrected chi connectivity index (χ2v) is 2.71. The highest BCUT2D eigenvalue weighted by Gasteiger charge is 2.04. The van der Waals surface area contributed by atoms with Crippen molar-refractivity contribution in [3.63, 3.8) is 0 Å². The van der Waals surface area contributed by atoms with Gasteiger partial charge in [-0.3, -0.25) is 0 Å². The Balaban J connectivity index is 2.23. The highest BCUT2D eigenvalue weighted by atomic mass is 16.3. The van der Waals surface area contributed by atoms with Crippen LogP contribution in [0.25, 0.3) is 11.6 Å². The van der Waals surface area contributed by atoms with E-state index in [2.05, 4.69) is 9.97 Å². The molecule has 0 aliphatic heterocycles. The summed E-state index contributed by atoms with van der Waals surface area (Å²) in [5, 5.41) is 8.69. The fourth-order valence-corrected chi connectivity index (χ4v) is 1.15. The molecule has 68 valence electrons. The van der Waals surface area contributed by atoms with Gasteiger partial charge in [-0.2, -0.15) is 0 Å². The number of hydrogen-bond donors (Lipinski definition) is 2. The SMILES string of the molecule is OCCc1cnc(-c2ccco2)[nH]1. The Kier molecular flexibility index (Phi) is 2.14. The fourth-order valence-electron chi connectivity index (χ4n) is 1.15. The van der Waals surface area contributed by atoms with E-state index in [1.54, 1.807) is 12.5 Å². The minimum Gasteiger partial charge on any atom is -0.461 e. The molecule has 0 fully saturated rings. The number of imidazole rings is 1. The van der Waals surface area contributed by atoms with Gasteiger partial charge in [-0.1, -0.05) is 0 Å². The van der Waals surface area contributed by atoms with Gasteiger partial charge in [-0.15, -0.1) is 0 Å². The second-order valence-electron chi connectivity index (χ2n) is 2.71. The molecular formula is C9H10N2O2. The Labute approximate surface area is 75.2 Å². The molecule has 0 atom stereocenters. The van der Waals surface area contributed by atoms with Crippen LogP contribution in [0.1, 0.15) is 5.69 Å². The van der Waals surface area contributed by atoms with Crippen LogP contribution in [0.3, 0.4) is 0 Å². The summed E-state index contributed by atoms with van der Waals surface area (Å²) in [5.41, 5.74) is 0.911. The van der Waals surface area contributed by atoms with Gasteiger partial charge >= 0.3 is 0 Å². The van der Waals surface area contributed by atoms with Crippen molar-refractivity contribution in [2.24, 2.45) is 0 Å². The predicted molar refractivity (Wildman–Crippen MR) is 47.1 cm³/mol. The number of aromatic amines is 1. The Morgan fingerprint density at radius 3 is 3.15 bits per heavy atom. The first-order valence-corrected chi connectivity index (χ1v) is 4.09. The van der Waals surface area contributed by atoms with Gasteiger partial charge in [-0.25, -0.2) is 4.98 Å². The van der Waals surface area contributed by atoms with Crippen LogP contribution in [0, 0.1) is 0 Å². The van der Waals surface area contributed by atoms with E-state index >= 15 is 0 Å². The average Bonchev–Trinajstić information content (AvgIpc) is 2.70. The van der Waals surface area contributed by atoms with Crippen LogP contribution in [-0.2, 0) is 6.42 Å². The molecule has 2 N–H and O–H groups in total. The highest BCUT2D eigenvalue weighted by Crippen LogP contribution is 2.15. The molecule has 0 aromatic carbocycles. The Morgan fingerprint density at radius 2 is 2.46 bits per heavy atom.